The maximum Gasteiger partial charge on any atom is 0.166 e. The summed E-state index contributed by atoms with van der Waals surface area (Å²) in [6.45, 7) is 2.06. The van der Waals surface area contributed by atoms with Crippen molar-refractivity contribution in [3.63, 3.8) is 0 Å². The first-order chi connectivity index (χ1) is 6.68. The molecule has 0 fully saturated rings. The molecule has 0 radical (unpaired) electrons. The normalized spacial score (nSPS) is 13.3. The molecule has 0 spiro atoms. The average molecular weight is 211 g/mol. The Kier molecular flexibility index (Phi) is 2.26. The van der Waals surface area contributed by atoms with Crippen LogP contribution in [0.3, 0.4) is 0 Å². The fourth-order valence-electron chi connectivity index (χ4n) is 1.19. The van der Waals surface area contributed by atoms with Crippen LogP contribution in [0.25, 0.3) is 11.2 Å². The predicted molar refractivity (Wildman–Crippen MR) is 52.2 cm³/mol. The van der Waals surface area contributed by atoms with Crippen molar-refractivity contribution in [3.05, 3.63) is 11.0 Å². The van der Waals surface area contributed by atoms with E-state index in [2.05, 4.69) is 20.3 Å². The van der Waals surface area contributed by atoms with Crippen molar-refractivity contribution in [1.29, 1.82) is 0 Å². The molecule has 0 aliphatic carbocycles. The molecule has 1 unspecified atom stereocenters. The molecular weight excluding hydrogens is 202 g/mol. The Labute approximate surface area is 84.6 Å². The van der Waals surface area contributed by atoms with E-state index in [-0.39, 0.29) is 0 Å². The highest BCUT2D eigenvalue weighted by Gasteiger charge is 2.07. The number of fused-ring (bicyclic) bond motifs is 1. The van der Waals surface area contributed by atoms with E-state index in [1.807, 2.05) is 0 Å². The number of H-pyrrole nitrogens is 1. The van der Waals surface area contributed by atoms with Gasteiger partial charge in [-0.15, -0.1) is 5.10 Å². The van der Waals surface area contributed by atoms with Gasteiger partial charge < -0.3 is 10.1 Å². The van der Waals surface area contributed by atoms with Crippen LogP contribution in [0.1, 0.15) is 6.92 Å². The molecule has 0 aliphatic heterocycles. The van der Waals surface area contributed by atoms with Crippen LogP contribution in [-0.2, 0) is 6.54 Å². The van der Waals surface area contributed by atoms with Crippen molar-refractivity contribution in [1.82, 2.24) is 25.0 Å². The van der Waals surface area contributed by atoms with Gasteiger partial charge >= 0.3 is 0 Å². The van der Waals surface area contributed by atoms with Gasteiger partial charge in [0.25, 0.3) is 0 Å². The van der Waals surface area contributed by atoms with Crippen molar-refractivity contribution in [2.45, 2.75) is 19.6 Å². The highest BCUT2D eigenvalue weighted by molar-refractivity contribution is 7.71. The highest BCUT2D eigenvalue weighted by atomic mass is 32.1. The highest BCUT2D eigenvalue weighted by Crippen LogP contribution is 2.07. The number of nitrogens with one attached hydrogen (secondary N) is 1. The minimum absolute atomic E-state index is 0.381. The van der Waals surface area contributed by atoms with Crippen LogP contribution in [0.4, 0.5) is 0 Å². The largest absolute Gasteiger partial charge is 0.391 e. The van der Waals surface area contributed by atoms with Gasteiger partial charge in [0.1, 0.15) is 0 Å². The van der Waals surface area contributed by atoms with Gasteiger partial charge in [-0.3, -0.25) is 0 Å². The van der Waals surface area contributed by atoms with Crippen molar-refractivity contribution >= 4 is 23.4 Å². The first-order valence-corrected chi connectivity index (χ1v) is 4.54. The van der Waals surface area contributed by atoms with E-state index in [1.54, 1.807) is 11.6 Å². The Morgan fingerprint density at radius 1 is 1.71 bits per heavy atom. The third kappa shape index (κ3) is 1.51. The summed E-state index contributed by atoms with van der Waals surface area (Å²) in [6, 6.07) is 0. The number of aliphatic hydroxyl groups is 1. The number of aromatic nitrogens is 5. The molecule has 1 atom stereocenters. The molecule has 0 saturated carbocycles. The van der Waals surface area contributed by atoms with Gasteiger partial charge in [-0.1, -0.05) is 17.4 Å². The van der Waals surface area contributed by atoms with E-state index in [1.165, 1.54) is 6.33 Å². The molecule has 0 saturated heterocycles. The van der Waals surface area contributed by atoms with Crippen LogP contribution in [0.5, 0.6) is 0 Å². The zero-order valence-corrected chi connectivity index (χ0v) is 8.32. The number of rotatable bonds is 2. The molecule has 2 aromatic rings. The SMILES string of the molecule is CC(O)Cn1nnc2c(=S)nc[nH]c21. The summed E-state index contributed by atoms with van der Waals surface area (Å²) in [7, 11) is 0. The lowest BCUT2D eigenvalue weighted by atomic mass is 10.4. The van der Waals surface area contributed by atoms with Gasteiger partial charge in [-0.05, 0) is 6.92 Å². The maximum atomic E-state index is 9.21. The summed E-state index contributed by atoms with van der Waals surface area (Å²) in [5.41, 5.74) is 1.24. The summed E-state index contributed by atoms with van der Waals surface area (Å²) in [6.07, 6.45) is 1.02. The quantitative estimate of drug-likeness (QED) is 0.697. The van der Waals surface area contributed by atoms with Crippen molar-refractivity contribution < 1.29 is 5.11 Å². The van der Waals surface area contributed by atoms with E-state index < -0.39 is 6.10 Å². The molecule has 6 nitrogen and oxygen atoms in total. The molecule has 2 heterocycles. The average Bonchev–Trinajstić information content (AvgIpc) is 2.49. The Morgan fingerprint density at radius 2 is 2.50 bits per heavy atom. The second-order valence-electron chi connectivity index (χ2n) is 3.03. The summed E-state index contributed by atoms with van der Waals surface area (Å²) >= 11 is 4.97. The number of hydrogen-bond acceptors (Lipinski definition) is 5. The van der Waals surface area contributed by atoms with Crippen LogP contribution >= 0.6 is 12.2 Å². The molecule has 74 valence electrons. The van der Waals surface area contributed by atoms with Crippen LogP contribution < -0.4 is 0 Å². The molecule has 14 heavy (non-hydrogen) atoms. The fourth-order valence-corrected chi connectivity index (χ4v) is 1.38. The molecule has 7 heteroatoms. The van der Waals surface area contributed by atoms with Gasteiger partial charge in [0, 0.05) is 0 Å². The van der Waals surface area contributed by atoms with Gasteiger partial charge in [-0.25, -0.2) is 9.67 Å². The number of nitrogens with zero attached hydrogens (tertiary/aromatic N) is 4. The Bertz CT molecular complexity index is 502. The molecule has 0 amide bonds. The topological polar surface area (TPSA) is 79.6 Å². The monoisotopic (exact) mass is 211 g/mol. The zero-order valence-electron chi connectivity index (χ0n) is 7.51. The Balaban J connectivity index is 2.58. The van der Waals surface area contributed by atoms with Crippen LogP contribution in [0.2, 0.25) is 0 Å². The lowest BCUT2D eigenvalue weighted by molar-refractivity contribution is 0.169. The summed E-state index contributed by atoms with van der Waals surface area (Å²) in [5, 5.41) is 16.9. The summed E-state index contributed by atoms with van der Waals surface area (Å²) in [4.78, 5) is 6.78. The second-order valence-corrected chi connectivity index (χ2v) is 3.41. The van der Waals surface area contributed by atoms with Crippen molar-refractivity contribution in [3.8, 4) is 0 Å². The van der Waals surface area contributed by atoms with Gasteiger partial charge in [-0.2, -0.15) is 0 Å². The fraction of sp³-hybridized carbons (Fsp3) is 0.429. The predicted octanol–water partition coefficient (Wildman–Crippen LogP) is 0.265. The zero-order chi connectivity index (χ0) is 10.1. The van der Waals surface area contributed by atoms with Crippen LogP contribution in [0.15, 0.2) is 6.33 Å². The summed E-state index contributed by atoms with van der Waals surface area (Å²) < 4.78 is 1.98. The third-order valence-corrected chi connectivity index (χ3v) is 2.06. The van der Waals surface area contributed by atoms with Gasteiger partial charge in [0.05, 0.1) is 19.0 Å². The molecule has 2 N–H and O–H groups in total. The van der Waals surface area contributed by atoms with E-state index >= 15 is 0 Å². The molecule has 0 aliphatic rings. The molecule has 2 rings (SSSR count). The second kappa shape index (κ2) is 3.43. The van der Waals surface area contributed by atoms with E-state index in [4.69, 9.17) is 12.2 Å². The minimum atomic E-state index is -0.477. The smallest absolute Gasteiger partial charge is 0.166 e. The standard InChI is InChI=1S/C7H9N5OS/c1-4(13)2-12-6-5(10-11-12)7(14)9-3-8-6/h3-4,13H,2H2,1H3,(H,8,9,14). The maximum absolute atomic E-state index is 9.21. The summed E-state index contributed by atoms with van der Waals surface area (Å²) in [5.74, 6) is 0. The van der Waals surface area contributed by atoms with E-state index in [9.17, 15) is 5.11 Å². The van der Waals surface area contributed by atoms with Crippen molar-refractivity contribution in [2.24, 2.45) is 0 Å². The molecular formula is C7H9N5OS. The van der Waals surface area contributed by atoms with Crippen LogP contribution in [0, 0.1) is 4.64 Å². The lowest BCUT2D eigenvalue weighted by Gasteiger charge is -2.03. The lowest BCUT2D eigenvalue weighted by Crippen LogP contribution is -2.13. The van der Waals surface area contributed by atoms with E-state index in [0.717, 1.165) is 0 Å². The Hall–Kier alpha value is -1.34. The Morgan fingerprint density at radius 3 is 3.21 bits per heavy atom. The third-order valence-electron chi connectivity index (χ3n) is 1.76. The van der Waals surface area contributed by atoms with E-state index in [0.29, 0.717) is 22.3 Å². The van der Waals surface area contributed by atoms with Gasteiger partial charge in [0.2, 0.25) is 0 Å². The van der Waals surface area contributed by atoms with Crippen LogP contribution in [-0.4, -0.2) is 36.2 Å². The first kappa shape index (κ1) is 9.22. The molecule has 2 aromatic heterocycles. The minimum Gasteiger partial charge on any atom is -0.391 e. The number of aromatic amines is 1. The first-order valence-electron chi connectivity index (χ1n) is 4.13. The number of hydrogen-bond donors (Lipinski definition) is 2. The molecule has 0 aromatic carbocycles. The van der Waals surface area contributed by atoms with Crippen molar-refractivity contribution in [2.75, 3.05) is 0 Å². The number of aliphatic hydroxyl groups excluding tert-OH is 1. The molecule has 0 bridgehead atoms. The van der Waals surface area contributed by atoms with Gasteiger partial charge in [0.15, 0.2) is 15.8 Å².